The lowest BCUT2D eigenvalue weighted by Crippen LogP contribution is -2.36. The second-order valence-electron chi connectivity index (χ2n) is 7.26. The number of hydrogen-bond donors (Lipinski definition) is 2. The van der Waals surface area contributed by atoms with E-state index in [9.17, 15) is 4.79 Å². The van der Waals surface area contributed by atoms with Crippen molar-refractivity contribution < 1.29 is 14.3 Å². The third-order valence-electron chi connectivity index (χ3n) is 4.95. The van der Waals surface area contributed by atoms with Crippen molar-refractivity contribution in [2.24, 2.45) is 4.99 Å². The molecule has 1 amide bonds. The van der Waals surface area contributed by atoms with Gasteiger partial charge in [-0.1, -0.05) is 12.1 Å². The Labute approximate surface area is 181 Å². The highest BCUT2D eigenvalue weighted by molar-refractivity contribution is 6.10. The molecule has 158 valence electrons. The van der Waals surface area contributed by atoms with Crippen LogP contribution < -0.4 is 20.1 Å². The smallest absolute Gasteiger partial charge is 0.257 e. The second kappa shape index (κ2) is 9.30. The Balaban J connectivity index is 1.56. The molecule has 3 aromatic rings. The molecule has 31 heavy (non-hydrogen) atoms. The highest BCUT2D eigenvalue weighted by Gasteiger charge is 2.14. The molecule has 1 aliphatic heterocycles. The summed E-state index contributed by atoms with van der Waals surface area (Å²) in [4.78, 5) is 21.5. The first kappa shape index (κ1) is 20.4. The van der Waals surface area contributed by atoms with Crippen molar-refractivity contribution >= 4 is 17.6 Å². The number of pyridine rings is 1. The van der Waals surface area contributed by atoms with Crippen molar-refractivity contribution in [3.63, 3.8) is 0 Å². The Bertz CT molecular complexity index is 1110. The summed E-state index contributed by atoms with van der Waals surface area (Å²) < 4.78 is 11.2. The van der Waals surface area contributed by atoms with E-state index < -0.39 is 0 Å². The maximum absolute atomic E-state index is 12.9. The number of guanidine groups is 1. The number of carbonyl (C=O) groups is 1. The van der Waals surface area contributed by atoms with Crippen LogP contribution >= 0.6 is 0 Å². The van der Waals surface area contributed by atoms with Crippen LogP contribution in [0.15, 0.2) is 65.9 Å². The summed E-state index contributed by atoms with van der Waals surface area (Å²) in [5.74, 6) is 1.45. The zero-order valence-electron chi connectivity index (χ0n) is 17.5. The van der Waals surface area contributed by atoms with Gasteiger partial charge < -0.3 is 14.8 Å². The Morgan fingerprint density at radius 3 is 2.65 bits per heavy atom. The van der Waals surface area contributed by atoms with E-state index in [4.69, 9.17) is 9.47 Å². The zero-order chi connectivity index (χ0) is 21.6. The predicted molar refractivity (Wildman–Crippen MR) is 120 cm³/mol. The van der Waals surface area contributed by atoms with Crippen LogP contribution in [-0.4, -0.2) is 30.1 Å². The van der Waals surface area contributed by atoms with Crippen molar-refractivity contribution in [2.45, 2.75) is 20.4 Å². The van der Waals surface area contributed by atoms with Crippen LogP contribution in [0.25, 0.3) is 0 Å². The number of anilines is 1. The quantitative estimate of drug-likeness (QED) is 0.498. The highest BCUT2D eigenvalue weighted by Crippen LogP contribution is 2.32. The molecule has 2 N–H and O–H groups in total. The van der Waals surface area contributed by atoms with Gasteiger partial charge >= 0.3 is 0 Å². The van der Waals surface area contributed by atoms with Gasteiger partial charge in [0.2, 0.25) is 5.96 Å². The first-order valence-electron chi connectivity index (χ1n) is 10.1. The lowest BCUT2D eigenvalue weighted by atomic mass is 10.1. The molecule has 2 heterocycles. The molecule has 1 aliphatic rings. The van der Waals surface area contributed by atoms with Crippen LogP contribution in [0.2, 0.25) is 0 Å². The maximum Gasteiger partial charge on any atom is 0.257 e. The van der Waals surface area contributed by atoms with Crippen molar-refractivity contribution in [3.05, 3.63) is 83.2 Å². The minimum atomic E-state index is -0.238. The van der Waals surface area contributed by atoms with E-state index >= 15 is 0 Å². The van der Waals surface area contributed by atoms with Gasteiger partial charge in [0.15, 0.2) is 11.5 Å². The number of rotatable bonds is 4. The molecule has 0 aliphatic carbocycles. The van der Waals surface area contributed by atoms with Crippen LogP contribution in [0.3, 0.4) is 0 Å². The van der Waals surface area contributed by atoms with Crippen molar-refractivity contribution in [1.29, 1.82) is 0 Å². The summed E-state index contributed by atoms with van der Waals surface area (Å²) in [5.41, 5.74) is 4.43. The van der Waals surface area contributed by atoms with Crippen LogP contribution in [-0.2, 0) is 6.54 Å². The molecule has 0 bridgehead atoms. The van der Waals surface area contributed by atoms with Gasteiger partial charge in [0.1, 0.15) is 13.2 Å². The molecule has 0 atom stereocenters. The number of aliphatic imine (C=N–C) groups is 1. The molecule has 7 heteroatoms. The molecule has 2 aromatic carbocycles. The topological polar surface area (TPSA) is 84.8 Å². The third-order valence-corrected chi connectivity index (χ3v) is 4.95. The lowest BCUT2D eigenvalue weighted by Gasteiger charge is -2.19. The van der Waals surface area contributed by atoms with Gasteiger partial charge in [-0.15, -0.1) is 0 Å². The number of nitrogens with zero attached hydrogens (tertiary/aromatic N) is 2. The first-order chi connectivity index (χ1) is 15.1. The third kappa shape index (κ3) is 5.19. The summed E-state index contributed by atoms with van der Waals surface area (Å²) in [5, 5.41) is 6.07. The molecule has 0 radical (unpaired) electrons. The molecule has 0 saturated heterocycles. The van der Waals surface area contributed by atoms with E-state index in [0.29, 0.717) is 42.8 Å². The Hall–Kier alpha value is -3.87. The normalized spacial score (nSPS) is 12.9. The number of benzene rings is 2. The summed E-state index contributed by atoms with van der Waals surface area (Å²) in [6, 6.07) is 14.9. The van der Waals surface area contributed by atoms with Gasteiger partial charge in [-0.25, -0.2) is 4.99 Å². The van der Waals surface area contributed by atoms with E-state index in [1.54, 1.807) is 18.5 Å². The molecule has 4 rings (SSSR count). The predicted octanol–water partition coefficient (Wildman–Crippen LogP) is 3.87. The van der Waals surface area contributed by atoms with E-state index in [2.05, 4.69) is 20.6 Å². The molecule has 0 spiro atoms. The molecular formula is C24H24N4O3. The van der Waals surface area contributed by atoms with Gasteiger partial charge in [0.05, 0.1) is 6.54 Å². The minimum absolute atomic E-state index is 0.238. The van der Waals surface area contributed by atoms with E-state index in [1.165, 1.54) is 0 Å². The number of hydrogen-bond acceptors (Lipinski definition) is 5. The zero-order valence-corrected chi connectivity index (χ0v) is 17.5. The lowest BCUT2D eigenvalue weighted by molar-refractivity contribution is 0.0977. The van der Waals surface area contributed by atoms with Crippen LogP contribution in [0.5, 0.6) is 11.5 Å². The minimum Gasteiger partial charge on any atom is -0.486 e. The summed E-state index contributed by atoms with van der Waals surface area (Å²) in [6.07, 6.45) is 3.46. The number of carbonyl (C=O) groups excluding carboxylic acids is 1. The number of aromatic nitrogens is 1. The fourth-order valence-electron chi connectivity index (χ4n) is 3.09. The number of aryl methyl sites for hydroxylation is 2. The fraction of sp³-hybridized carbons (Fsp3) is 0.208. The molecule has 0 fully saturated rings. The van der Waals surface area contributed by atoms with Crippen LogP contribution in [0.1, 0.15) is 27.0 Å². The Kier molecular flexibility index (Phi) is 6.12. The van der Waals surface area contributed by atoms with Gasteiger partial charge in [0.25, 0.3) is 5.91 Å². The fourth-order valence-corrected chi connectivity index (χ4v) is 3.09. The number of amides is 1. The highest BCUT2D eigenvalue weighted by atomic mass is 16.6. The summed E-state index contributed by atoms with van der Waals surface area (Å²) in [7, 11) is 0. The molecule has 7 nitrogen and oxygen atoms in total. The summed E-state index contributed by atoms with van der Waals surface area (Å²) in [6.45, 7) is 5.40. The molecule has 1 aromatic heterocycles. The monoisotopic (exact) mass is 416 g/mol. The Morgan fingerprint density at radius 2 is 1.87 bits per heavy atom. The molecule has 0 saturated carbocycles. The Morgan fingerprint density at radius 1 is 1.03 bits per heavy atom. The van der Waals surface area contributed by atoms with Gasteiger partial charge in [-0.3, -0.25) is 15.1 Å². The average Bonchev–Trinajstić information content (AvgIpc) is 2.80. The van der Waals surface area contributed by atoms with Gasteiger partial charge in [-0.05, 0) is 60.9 Å². The SMILES string of the molecule is Cc1ccc(C(=O)NC(=NCc2cccnc2)Nc2ccc3c(c2)OCCO3)cc1C. The van der Waals surface area contributed by atoms with Crippen molar-refractivity contribution in [3.8, 4) is 11.5 Å². The number of nitrogens with one attached hydrogen (secondary N) is 2. The van der Waals surface area contributed by atoms with Crippen LogP contribution in [0, 0.1) is 13.8 Å². The largest absolute Gasteiger partial charge is 0.486 e. The van der Waals surface area contributed by atoms with Crippen molar-refractivity contribution in [1.82, 2.24) is 10.3 Å². The van der Waals surface area contributed by atoms with E-state index in [-0.39, 0.29) is 5.91 Å². The van der Waals surface area contributed by atoms with Gasteiger partial charge in [-0.2, -0.15) is 0 Å². The summed E-state index contributed by atoms with van der Waals surface area (Å²) >= 11 is 0. The van der Waals surface area contributed by atoms with Crippen molar-refractivity contribution in [2.75, 3.05) is 18.5 Å². The standard InChI is InChI=1S/C24H24N4O3/c1-16-5-6-19(12-17(16)2)23(29)28-24(26-15-18-4-3-9-25-14-18)27-20-7-8-21-22(13-20)31-11-10-30-21/h3-9,12-14H,10-11,15H2,1-2H3,(H2,26,27,28,29). The second-order valence-corrected chi connectivity index (χ2v) is 7.26. The maximum atomic E-state index is 12.9. The molecular weight excluding hydrogens is 392 g/mol. The number of fused-ring (bicyclic) bond motifs is 1. The average molecular weight is 416 g/mol. The van der Waals surface area contributed by atoms with E-state index in [1.807, 2.05) is 56.3 Å². The first-order valence-corrected chi connectivity index (χ1v) is 10.1. The van der Waals surface area contributed by atoms with Gasteiger partial charge in [0, 0.05) is 29.7 Å². The van der Waals surface area contributed by atoms with E-state index in [0.717, 1.165) is 22.4 Å². The van der Waals surface area contributed by atoms with Crippen LogP contribution in [0.4, 0.5) is 5.69 Å². The number of ether oxygens (including phenoxy) is 2. The molecule has 0 unspecified atom stereocenters.